The SMILES string of the molecule is N#CCSCCCN1CCN([C@H](C#N)c2ccccc2)CC1. The first-order valence-corrected chi connectivity index (χ1v) is 8.86. The van der Waals surface area contributed by atoms with Crippen LogP contribution in [0.3, 0.4) is 0 Å². The second-order valence-electron chi connectivity index (χ2n) is 5.38. The van der Waals surface area contributed by atoms with Crippen LogP contribution in [0.2, 0.25) is 0 Å². The number of hydrogen-bond donors (Lipinski definition) is 0. The van der Waals surface area contributed by atoms with Gasteiger partial charge in [0.15, 0.2) is 0 Å². The highest BCUT2D eigenvalue weighted by molar-refractivity contribution is 7.99. The van der Waals surface area contributed by atoms with E-state index in [1.807, 2.05) is 30.3 Å². The van der Waals surface area contributed by atoms with Gasteiger partial charge >= 0.3 is 0 Å². The Morgan fingerprint density at radius 2 is 1.82 bits per heavy atom. The third kappa shape index (κ3) is 5.03. The van der Waals surface area contributed by atoms with Gasteiger partial charge < -0.3 is 4.90 Å². The second kappa shape index (κ2) is 9.48. The summed E-state index contributed by atoms with van der Waals surface area (Å²) < 4.78 is 0. The minimum Gasteiger partial charge on any atom is -0.301 e. The van der Waals surface area contributed by atoms with E-state index in [1.54, 1.807) is 11.8 Å². The molecule has 1 aromatic rings. The Hall–Kier alpha value is -1.53. The number of hydrogen-bond acceptors (Lipinski definition) is 5. The Bertz CT molecular complexity index is 512. The molecule has 2 rings (SSSR count). The van der Waals surface area contributed by atoms with Crippen LogP contribution in [0, 0.1) is 22.7 Å². The molecular formula is C17H22N4S. The molecule has 0 aliphatic carbocycles. The van der Waals surface area contributed by atoms with E-state index < -0.39 is 0 Å². The van der Waals surface area contributed by atoms with E-state index in [1.165, 1.54) is 0 Å². The minimum atomic E-state index is -0.130. The van der Waals surface area contributed by atoms with Crippen molar-refractivity contribution in [3.8, 4) is 12.1 Å². The number of thioether (sulfide) groups is 1. The van der Waals surface area contributed by atoms with Crippen molar-refractivity contribution < 1.29 is 0 Å². The van der Waals surface area contributed by atoms with Crippen LogP contribution in [0.5, 0.6) is 0 Å². The Labute approximate surface area is 137 Å². The van der Waals surface area contributed by atoms with Crippen LogP contribution in [0.4, 0.5) is 0 Å². The lowest BCUT2D eigenvalue weighted by Crippen LogP contribution is -2.47. The number of benzene rings is 1. The monoisotopic (exact) mass is 314 g/mol. The highest BCUT2D eigenvalue weighted by atomic mass is 32.2. The molecular weight excluding hydrogens is 292 g/mol. The van der Waals surface area contributed by atoms with E-state index >= 15 is 0 Å². The molecule has 1 aliphatic heterocycles. The molecule has 1 aromatic carbocycles. The van der Waals surface area contributed by atoms with E-state index in [9.17, 15) is 5.26 Å². The summed E-state index contributed by atoms with van der Waals surface area (Å²) in [6.07, 6.45) is 1.13. The average Bonchev–Trinajstić information content (AvgIpc) is 2.58. The zero-order valence-electron chi connectivity index (χ0n) is 12.8. The van der Waals surface area contributed by atoms with Gasteiger partial charge in [-0.15, -0.1) is 11.8 Å². The largest absolute Gasteiger partial charge is 0.301 e. The fraction of sp³-hybridized carbons (Fsp3) is 0.529. The lowest BCUT2D eigenvalue weighted by molar-refractivity contribution is 0.114. The van der Waals surface area contributed by atoms with Gasteiger partial charge in [-0.3, -0.25) is 4.90 Å². The van der Waals surface area contributed by atoms with Gasteiger partial charge in [-0.25, -0.2) is 0 Å². The van der Waals surface area contributed by atoms with Crippen LogP contribution in [-0.2, 0) is 0 Å². The quantitative estimate of drug-likeness (QED) is 0.724. The summed E-state index contributed by atoms with van der Waals surface area (Å²) >= 11 is 1.71. The molecule has 0 radical (unpaired) electrons. The molecule has 0 aromatic heterocycles. The molecule has 4 nitrogen and oxygen atoms in total. The predicted molar refractivity (Wildman–Crippen MR) is 90.4 cm³/mol. The molecule has 1 saturated heterocycles. The maximum Gasteiger partial charge on any atom is 0.123 e. The molecule has 22 heavy (non-hydrogen) atoms. The summed E-state index contributed by atoms with van der Waals surface area (Å²) in [5.41, 5.74) is 1.09. The van der Waals surface area contributed by atoms with Gasteiger partial charge in [-0.05, 0) is 24.3 Å². The summed E-state index contributed by atoms with van der Waals surface area (Å²) in [6, 6.07) is 14.5. The molecule has 0 amide bonds. The van der Waals surface area contributed by atoms with E-state index in [4.69, 9.17) is 5.26 Å². The summed E-state index contributed by atoms with van der Waals surface area (Å²) in [7, 11) is 0. The smallest absolute Gasteiger partial charge is 0.123 e. The van der Waals surface area contributed by atoms with Crippen LogP contribution >= 0.6 is 11.8 Å². The van der Waals surface area contributed by atoms with Crippen molar-refractivity contribution in [3.05, 3.63) is 35.9 Å². The second-order valence-corrected chi connectivity index (χ2v) is 6.49. The Kier molecular flexibility index (Phi) is 7.25. The van der Waals surface area contributed by atoms with E-state index in [2.05, 4.69) is 21.9 Å². The zero-order valence-corrected chi connectivity index (χ0v) is 13.6. The predicted octanol–water partition coefficient (Wildman–Crippen LogP) is 2.52. The van der Waals surface area contributed by atoms with Gasteiger partial charge in [0.1, 0.15) is 6.04 Å². The molecule has 0 spiro atoms. The van der Waals surface area contributed by atoms with Gasteiger partial charge in [0.2, 0.25) is 0 Å². The Morgan fingerprint density at radius 3 is 2.45 bits per heavy atom. The third-order valence-electron chi connectivity index (χ3n) is 3.94. The van der Waals surface area contributed by atoms with Gasteiger partial charge in [-0.1, -0.05) is 30.3 Å². The highest BCUT2D eigenvalue weighted by Gasteiger charge is 2.24. The molecule has 1 atom stereocenters. The van der Waals surface area contributed by atoms with Crippen LogP contribution < -0.4 is 0 Å². The fourth-order valence-corrected chi connectivity index (χ4v) is 3.32. The average molecular weight is 314 g/mol. The van der Waals surface area contributed by atoms with Crippen molar-refractivity contribution in [2.75, 3.05) is 44.2 Å². The van der Waals surface area contributed by atoms with Gasteiger partial charge in [0, 0.05) is 26.2 Å². The minimum absolute atomic E-state index is 0.130. The maximum absolute atomic E-state index is 9.49. The number of piperazine rings is 1. The van der Waals surface area contributed by atoms with Crippen LogP contribution in [0.15, 0.2) is 30.3 Å². The Balaban J connectivity index is 1.75. The van der Waals surface area contributed by atoms with E-state index in [0.717, 1.165) is 50.5 Å². The first kappa shape index (κ1) is 16.8. The third-order valence-corrected chi connectivity index (χ3v) is 4.85. The summed E-state index contributed by atoms with van der Waals surface area (Å²) in [5, 5.41) is 18.0. The summed E-state index contributed by atoms with van der Waals surface area (Å²) in [5.74, 6) is 1.65. The first-order valence-electron chi connectivity index (χ1n) is 7.71. The van der Waals surface area contributed by atoms with Crippen LogP contribution in [-0.4, -0.2) is 54.0 Å². The normalized spacial score (nSPS) is 17.5. The molecule has 1 heterocycles. The van der Waals surface area contributed by atoms with Gasteiger partial charge in [-0.2, -0.15) is 10.5 Å². The van der Waals surface area contributed by atoms with Crippen molar-refractivity contribution in [1.82, 2.24) is 9.80 Å². The molecule has 0 unspecified atom stereocenters. The Morgan fingerprint density at radius 1 is 1.09 bits per heavy atom. The molecule has 1 aliphatic rings. The number of nitriles is 2. The molecule has 0 saturated carbocycles. The van der Waals surface area contributed by atoms with Crippen molar-refractivity contribution in [2.45, 2.75) is 12.5 Å². The van der Waals surface area contributed by atoms with Crippen molar-refractivity contribution in [1.29, 1.82) is 10.5 Å². The van der Waals surface area contributed by atoms with Gasteiger partial charge in [0.25, 0.3) is 0 Å². The van der Waals surface area contributed by atoms with Crippen molar-refractivity contribution in [2.24, 2.45) is 0 Å². The van der Waals surface area contributed by atoms with Crippen molar-refractivity contribution in [3.63, 3.8) is 0 Å². The number of rotatable bonds is 7. The maximum atomic E-state index is 9.49. The lowest BCUT2D eigenvalue weighted by atomic mass is 10.1. The van der Waals surface area contributed by atoms with E-state index in [0.29, 0.717) is 5.75 Å². The molecule has 5 heteroatoms. The van der Waals surface area contributed by atoms with Gasteiger partial charge in [0.05, 0.1) is 17.9 Å². The fourth-order valence-electron chi connectivity index (χ4n) is 2.76. The summed E-state index contributed by atoms with van der Waals surface area (Å²) in [6.45, 7) is 5.02. The number of nitrogens with zero attached hydrogens (tertiary/aromatic N) is 4. The molecule has 116 valence electrons. The molecule has 0 bridgehead atoms. The lowest BCUT2D eigenvalue weighted by Gasteiger charge is -2.37. The topological polar surface area (TPSA) is 54.1 Å². The first-order chi connectivity index (χ1) is 10.8. The summed E-state index contributed by atoms with van der Waals surface area (Å²) in [4.78, 5) is 4.74. The zero-order chi connectivity index (χ0) is 15.6. The molecule has 0 N–H and O–H groups in total. The highest BCUT2D eigenvalue weighted by Crippen LogP contribution is 2.21. The van der Waals surface area contributed by atoms with Crippen LogP contribution in [0.1, 0.15) is 18.0 Å². The van der Waals surface area contributed by atoms with Crippen LogP contribution in [0.25, 0.3) is 0 Å². The van der Waals surface area contributed by atoms with E-state index in [-0.39, 0.29) is 6.04 Å². The van der Waals surface area contributed by atoms with Crippen molar-refractivity contribution >= 4 is 11.8 Å². The standard InChI is InChI=1S/C17H22N4S/c18-7-14-22-13-4-8-20-9-11-21(12-10-20)17(15-19)16-5-2-1-3-6-16/h1-3,5-6,17H,4,8-14H2/t17-/m1/s1. The molecule has 1 fully saturated rings.